The van der Waals surface area contributed by atoms with E-state index in [1.807, 2.05) is 32.9 Å². The first-order chi connectivity index (χ1) is 9.58. The first kappa shape index (κ1) is 17.2. The standard InChI is InChI=1S/C16H27NO2S/c1-5-11-17-16(12-20(18)13(3)4)14-7-9-15(10-8-14)19-6-2/h7-10,13,16-17H,5-6,11-12H2,1-4H3. The van der Waals surface area contributed by atoms with Crippen LogP contribution in [0, 0.1) is 0 Å². The minimum atomic E-state index is -0.808. The molecule has 114 valence electrons. The molecule has 0 aliphatic heterocycles. The summed E-state index contributed by atoms with van der Waals surface area (Å²) >= 11 is 0. The average molecular weight is 297 g/mol. The second-order valence-corrected chi connectivity index (χ2v) is 7.14. The lowest BCUT2D eigenvalue weighted by atomic mass is 10.1. The van der Waals surface area contributed by atoms with E-state index in [1.165, 1.54) is 5.56 Å². The molecule has 0 amide bonds. The first-order valence-electron chi connectivity index (χ1n) is 7.41. The van der Waals surface area contributed by atoms with Gasteiger partial charge in [-0.2, -0.15) is 0 Å². The average Bonchev–Trinajstić information content (AvgIpc) is 2.44. The molecular formula is C16H27NO2S. The van der Waals surface area contributed by atoms with Crippen molar-refractivity contribution < 1.29 is 8.95 Å². The number of nitrogens with one attached hydrogen (secondary N) is 1. The number of hydrogen-bond acceptors (Lipinski definition) is 3. The number of ether oxygens (including phenoxy) is 1. The van der Waals surface area contributed by atoms with Crippen molar-refractivity contribution in [3.63, 3.8) is 0 Å². The minimum Gasteiger partial charge on any atom is -0.494 e. The normalized spacial score (nSPS) is 14.2. The molecule has 0 fully saturated rings. The molecule has 0 spiro atoms. The molecule has 0 saturated heterocycles. The maximum absolute atomic E-state index is 12.1. The largest absolute Gasteiger partial charge is 0.494 e. The maximum atomic E-state index is 12.1. The Hall–Kier alpha value is -0.870. The minimum absolute atomic E-state index is 0.147. The Kier molecular flexibility index (Phi) is 7.85. The van der Waals surface area contributed by atoms with Crippen LogP contribution in [0.15, 0.2) is 24.3 Å². The molecule has 1 aromatic rings. The molecule has 0 aromatic heterocycles. The summed E-state index contributed by atoms with van der Waals surface area (Å²) in [4.78, 5) is 0. The van der Waals surface area contributed by atoms with Crippen molar-refractivity contribution in [2.24, 2.45) is 0 Å². The van der Waals surface area contributed by atoms with Crippen LogP contribution in [0.3, 0.4) is 0 Å². The molecule has 1 rings (SSSR count). The van der Waals surface area contributed by atoms with Gasteiger partial charge in [0.1, 0.15) is 5.75 Å². The van der Waals surface area contributed by atoms with Crippen molar-refractivity contribution in [3.05, 3.63) is 29.8 Å². The molecule has 0 aliphatic rings. The Morgan fingerprint density at radius 1 is 1.20 bits per heavy atom. The van der Waals surface area contributed by atoms with Gasteiger partial charge in [0.15, 0.2) is 0 Å². The fraction of sp³-hybridized carbons (Fsp3) is 0.625. The molecule has 1 aromatic carbocycles. The van der Waals surface area contributed by atoms with Crippen LogP contribution in [0.2, 0.25) is 0 Å². The van der Waals surface area contributed by atoms with Crippen molar-refractivity contribution in [1.29, 1.82) is 0 Å². The third-order valence-corrected chi connectivity index (χ3v) is 4.80. The summed E-state index contributed by atoms with van der Waals surface area (Å²) < 4.78 is 17.6. The van der Waals surface area contributed by atoms with E-state index in [2.05, 4.69) is 24.4 Å². The van der Waals surface area contributed by atoms with Crippen LogP contribution >= 0.6 is 0 Å². The molecule has 0 aliphatic carbocycles. The van der Waals surface area contributed by atoms with Crippen LogP contribution in [0.1, 0.15) is 45.7 Å². The SMILES string of the molecule is CCCNC(CS(=O)C(C)C)c1ccc(OCC)cc1. The summed E-state index contributed by atoms with van der Waals surface area (Å²) in [6, 6.07) is 8.25. The van der Waals surface area contributed by atoms with Gasteiger partial charge in [0.05, 0.1) is 6.61 Å². The molecule has 0 heterocycles. The first-order valence-corrected chi connectivity index (χ1v) is 8.80. The van der Waals surface area contributed by atoms with E-state index in [4.69, 9.17) is 4.74 Å². The highest BCUT2D eigenvalue weighted by Gasteiger charge is 2.16. The van der Waals surface area contributed by atoms with Gasteiger partial charge in [-0.05, 0) is 37.6 Å². The van der Waals surface area contributed by atoms with E-state index in [0.717, 1.165) is 18.7 Å². The fourth-order valence-electron chi connectivity index (χ4n) is 1.91. The van der Waals surface area contributed by atoms with Crippen molar-refractivity contribution in [3.8, 4) is 5.75 Å². The highest BCUT2D eigenvalue weighted by atomic mass is 32.2. The van der Waals surface area contributed by atoms with Gasteiger partial charge >= 0.3 is 0 Å². The Morgan fingerprint density at radius 2 is 1.85 bits per heavy atom. The molecule has 4 heteroatoms. The summed E-state index contributed by atoms with van der Waals surface area (Å²) in [6.45, 7) is 9.74. The zero-order chi connectivity index (χ0) is 15.0. The van der Waals surface area contributed by atoms with Crippen LogP contribution < -0.4 is 10.1 Å². The zero-order valence-electron chi connectivity index (χ0n) is 13.0. The van der Waals surface area contributed by atoms with Crippen molar-refractivity contribution in [2.45, 2.75) is 45.4 Å². The molecule has 0 saturated carbocycles. The number of benzene rings is 1. The van der Waals surface area contributed by atoms with E-state index in [-0.39, 0.29) is 11.3 Å². The summed E-state index contributed by atoms with van der Waals surface area (Å²) in [6.07, 6.45) is 1.07. The summed E-state index contributed by atoms with van der Waals surface area (Å²) in [5.74, 6) is 1.54. The van der Waals surface area contributed by atoms with Gasteiger partial charge in [-0.25, -0.2) is 0 Å². The van der Waals surface area contributed by atoms with Gasteiger partial charge in [0, 0.05) is 27.8 Å². The third-order valence-electron chi connectivity index (χ3n) is 3.09. The van der Waals surface area contributed by atoms with Gasteiger partial charge in [-0.3, -0.25) is 4.21 Å². The van der Waals surface area contributed by atoms with Crippen LogP contribution in [-0.4, -0.2) is 28.4 Å². The highest BCUT2D eigenvalue weighted by Crippen LogP contribution is 2.19. The maximum Gasteiger partial charge on any atom is 0.119 e. The van der Waals surface area contributed by atoms with Crippen LogP contribution in [0.4, 0.5) is 0 Å². The molecule has 0 bridgehead atoms. The van der Waals surface area contributed by atoms with Gasteiger partial charge < -0.3 is 10.1 Å². The van der Waals surface area contributed by atoms with Crippen LogP contribution in [-0.2, 0) is 10.8 Å². The second kappa shape index (κ2) is 9.14. The third kappa shape index (κ3) is 5.63. The second-order valence-electron chi connectivity index (χ2n) is 5.10. The Balaban J connectivity index is 2.78. The Bertz CT molecular complexity index is 403. The van der Waals surface area contributed by atoms with E-state index < -0.39 is 10.8 Å². The van der Waals surface area contributed by atoms with E-state index in [9.17, 15) is 4.21 Å². The Morgan fingerprint density at radius 3 is 2.35 bits per heavy atom. The molecule has 3 nitrogen and oxygen atoms in total. The quantitative estimate of drug-likeness (QED) is 0.760. The smallest absolute Gasteiger partial charge is 0.119 e. The summed E-state index contributed by atoms with van der Waals surface area (Å²) in [5, 5.41) is 3.69. The fourth-order valence-corrected chi connectivity index (χ4v) is 2.94. The molecular weight excluding hydrogens is 270 g/mol. The van der Waals surface area contributed by atoms with Crippen molar-refractivity contribution in [1.82, 2.24) is 5.32 Å². The highest BCUT2D eigenvalue weighted by molar-refractivity contribution is 7.85. The monoisotopic (exact) mass is 297 g/mol. The molecule has 2 unspecified atom stereocenters. The zero-order valence-corrected chi connectivity index (χ0v) is 13.8. The predicted molar refractivity (Wildman–Crippen MR) is 86.8 cm³/mol. The van der Waals surface area contributed by atoms with E-state index >= 15 is 0 Å². The summed E-state index contributed by atoms with van der Waals surface area (Å²) in [7, 11) is -0.808. The molecule has 1 N–H and O–H groups in total. The van der Waals surface area contributed by atoms with Gasteiger partial charge in [-0.15, -0.1) is 0 Å². The van der Waals surface area contributed by atoms with Gasteiger partial charge in [0.2, 0.25) is 0 Å². The molecule has 0 radical (unpaired) electrons. The van der Waals surface area contributed by atoms with Crippen LogP contribution in [0.5, 0.6) is 5.75 Å². The summed E-state index contributed by atoms with van der Waals surface area (Å²) in [5.41, 5.74) is 1.18. The van der Waals surface area contributed by atoms with E-state index in [0.29, 0.717) is 12.4 Å². The molecule has 20 heavy (non-hydrogen) atoms. The lowest BCUT2D eigenvalue weighted by Crippen LogP contribution is -2.28. The lowest BCUT2D eigenvalue weighted by molar-refractivity contribution is 0.340. The van der Waals surface area contributed by atoms with Crippen molar-refractivity contribution in [2.75, 3.05) is 18.9 Å². The van der Waals surface area contributed by atoms with E-state index in [1.54, 1.807) is 0 Å². The lowest BCUT2D eigenvalue weighted by Gasteiger charge is -2.20. The van der Waals surface area contributed by atoms with Crippen LogP contribution in [0.25, 0.3) is 0 Å². The topological polar surface area (TPSA) is 38.3 Å². The predicted octanol–water partition coefficient (Wildman–Crippen LogP) is 3.28. The Labute approximate surface area is 125 Å². The van der Waals surface area contributed by atoms with Gasteiger partial charge in [0.25, 0.3) is 0 Å². The van der Waals surface area contributed by atoms with Crippen molar-refractivity contribution >= 4 is 10.8 Å². The van der Waals surface area contributed by atoms with Gasteiger partial charge in [-0.1, -0.05) is 32.9 Å². The number of rotatable bonds is 9. The molecule has 2 atom stereocenters. The number of hydrogen-bond donors (Lipinski definition) is 1.